The molecule has 2 heterocycles. The lowest BCUT2D eigenvalue weighted by Gasteiger charge is -2.12. The molecule has 3 N–H and O–H groups in total. The van der Waals surface area contributed by atoms with Crippen LogP contribution in [0.2, 0.25) is 5.15 Å². The molecule has 0 unspecified atom stereocenters. The van der Waals surface area contributed by atoms with E-state index in [0.717, 1.165) is 24.1 Å². The molecule has 2 amide bonds. The second-order valence-electron chi connectivity index (χ2n) is 5.20. The number of aromatic nitrogens is 3. The van der Waals surface area contributed by atoms with Crippen molar-refractivity contribution in [1.29, 1.82) is 0 Å². The molecule has 0 saturated heterocycles. The van der Waals surface area contributed by atoms with Gasteiger partial charge in [-0.25, -0.2) is 4.79 Å². The maximum Gasteiger partial charge on any atom is 0.323 e. The van der Waals surface area contributed by atoms with Crippen molar-refractivity contribution in [3.8, 4) is 5.88 Å². The molecular weight excluding hydrogens is 306 g/mol. The zero-order valence-electron chi connectivity index (χ0n) is 12.2. The van der Waals surface area contributed by atoms with E-state index in [4.69, 9.17) is 16.3 Å². The summed E-state index contributed by atoms with van der Waals surface area (Å²) in [6.07, 6.45) is 3.84. The van der Waals surface area contributed by atoms with Gasteiger partial charge in [-0.05, 0) is 31.4 Å². The predicted molar refractivity (Wildman–Crippen MR) is 83.7 cm³/mol. The molecule has 1 saturated carbocycles. The highest BCUT2D eigenvalue weighted by atomic mass is 35.5. The van der Waals surface area contributed by atoms with E-state index >= 15 is 0 Å². The first-order valence-corrected chi connectivity index (χ1v) is 7.28. The van der Waals surface area contributed by atoms with E-state index in [1.165, 1.54) is 7.11 Å². The van der Waals surface area contributed by atoms with Crippen molar-refractivity contribution in [2.45, 2.75) is 25.7 Å². The first kappa shape index (κ1) is 14.6. The SMILES string of the molecule is COc1nc(Cl)c(C)cc1NC(=O)Nc1cn[nH]c1C1CC1. The van der Waals surface area contributed by atoms with Crippen LogP contribution in [0.5, 0.6) is 5.88 Å². The fraction of sp³-hybridized carbons (Fsp3) is 0.357. The Hall–Kier alpha value is -2.28. The number of methoxy groups -OCH3 is 1. The number of pyridine rings is 1. The van der Waals surface area contributed by atoms with E-state index in [1.807, 2.05) is 0 Å². The number of hydrogen-bond acceptors (Lipinski definition) is 4. The van der Waals surface area contributed by atoms with E-state index in [-0.39, 0.29) is 11.9 Å². The van der Waals surface area contributed by atoms with Crippen molar-refractivity contribution < 1.29 is 9.53 Å². The maximum atomic E-state index is 12.2. The predicted octanol–water partition coefficient (Wildman–Crippen LogP) is 3.30. The number of nitrogens with one attached hydrogen (secondary N) is 3. The highest BCUT2D eigenvalue weighted by molar-refractivity contribution is 6.30. The van der Waals surface area contributed by atoms with Crippen molar-refractivity contribution in [2.75, 3.05) is 17.7 Å². The highest BCUT2D eigenvalue weighted by Crippen LogP contribution is 2.42. The number of H-pyrrole nitrogens is 1. The van der Waals surface area contributed by atoms with Gasteiger partial charge in [-0.1, -0.05) is 11.6 Å². The Balaban J connectivity index is 1.74. The summed E-state index contributed by atoms with van der Waals surface area (Å²) in [6, 6.07) is 1.33. The average Bonchev–Trinajstić information content (AvgIpc) is 3.23. The molecule has 0 aromatic carbocycles. The number of amides is 2. The quantitative estimate of drug-likeness (QED) is 0.753. The molecule has 0 aliphatic heterocycles. The highest BCUT2D eigenvalue weighted by Gasteiger charge is 2.28. The molecule has 2 aromatic heterocycles. The Bertz CT molecular complexity index is 711. The van der Waals surface area contributed by atoms with Crippen LogP contribution in [0.3, 0.4) is 0 Å². The van der Waals surface area contributed by atoms with Crippen LogP contribution in [0, 0.1) is 6.92 Å². The minimum Gasteiger partial charge on any atom is -0.479 e. The van der Waals surface area contributed by atoms with Gasteiger partial charge < -0.3 is 15.4 Å². The number of aryl methyl sites for hydroxylation is 1. The van der Waals surface area contributed by atoms with Crippen LogP contribution in [-0.2, 0) is 0 Å². The Morgan fingerprint density at radius 2 is 2.14 bits per heavy atom. The number of halogens is 1. The van der Waals surface area contributed by atoms with Gasteiger partial charge >= 0.3 is 6.03 Å². The first-order valence-electron chi connectivity index (χ1n) is 6.91. The number of urea groups is 1. The summed E-state index contributed by atoms with van der Waals surface area (Å²) >= 11 is 5.95. The lowest BCUT2D eigenvalue weighted by molar-refractivity contribution is 0.262. The van der Waals surface area contributed by atoms with Crippen molar-refractivity contribution >= 4 is 29.0 Å². The van der Waals surface area contributed by atoms with E-state index in [0.29, 0.717) is 22.4 Å². The second kappa shape index (κ2) is 5.84. The lowest BCUT2D eigenvalue weighted by atomic mass is 10.2. The number of hydrogen-bond donors (Lipinski definition) is 3. The zero-order valence-corrected chi connectivity index (χ0v) is 13.0. The molecule has 22 heavy (non-hydrogen) atoms. The molecule has 0 bridgehead atoms. The first-order chi connectivity index (χ1) is 10.6. The Labute approximate surface area is 132 Å². The van der Waals surface area contributed by atoms with E-state index in [9.17, 15) is 4.79 Å². The standard InChI is InChI=1S/C14H16ClN5O2/c1-7-5-9(13(22-2)19-12(7)15)17-14(21)18-10-6-16-20-11(10)8-3-4-8/h5-6,8H,3-4H2,1-2H3,(H,16,20)(H2,17,18,21). The van der Waals surface area contributed by atoms with Crippen molar-refractivity contribution in [3.05, 3.63) is 28.7 Å². The number of rotatable bonds is 4. The van der Waals surface area contributed by atoms with Crippen LogP contribution in [0.4, 0.5) is 16.2 Å². The van der Waals surface area contributed by atoms with Gasteiger partial charge in [-0.2, -0.15) is 10.1 Å². The number of carbonyl (C=O) groups is 1. The molecule has 1 fully saturated rings. The smallest absolute Gasteiger partial charge is 0.323 e. The number of carbonyl (C=O) groups excluding carboxylic acids is 1. The molecule has 116 valence electrons. The number of nitrogens with zero attached hydrogens (tertiary/aromatic N) is 2. The van der Waals surface area contributed by atoms with Crippen molar-refractivity contribution in [2.24, 2.45) is 0 Å². The normalized spacial score (nSPS) is 13.8. The van der Waals surface area contributed by atoms with Crippen LogP contribution >= 0.6 is 11.6 Å². The van der Waals surface area contributed by atoms with Crippen LogP contribution in [-0.4, -0.2) is 28.3 Å². The number of ether oxygens (including phenoxy) is 1. The third-order valence-corrected chi connectivity index (χ3v) is 3.84. The van der Waals surface area contributed by atoms with E-state index < -0.39 is 0 Å². The molecule has 1 aliphatic rings. The zero-order chi connectivity index (χ0) is 15.7. The van der Waals surface area contributed by atoms with Gasteiger partial charge in [-0.3, -0.25) is 5.10 Å². The topological polar surface area (TPSA) is 91.9 Å². The molecule has 7 nitrogen and oxygen atoms in total. The summed E-state index contributed by atoms with van der Waals surface area (Å²) < 4.78 is 5.13. The number of aromatic amines is 1. The van der Waals surface area contributed by atoms with Gasteiger partial charge in [0, 0.05) is 5.92 Å². The minimum atomic E-state index is -0.384. The summed E-state index contributed by atoms with van der Waals surface area (Å²) in [5.74, 6) is 0.729. The van der Waals surface area contributed by atoms with Gasteiger partial charge in [-0.15, -0.1) is 0 Å². The third-order valence-electron chi connectivity index (χ3n) is 3.46. The second-order valence-corrected chi connectivity index (χ2v) is 5.56. The Morgan fingerprint density at radius 3 is 2.82 bits per heavy atom. The Kier molecular flexibility index (Phi) is 3.89. The van der Waals surface area contributed by atoms with Crippen LogP contribution < -0.4 is 15.4 Å². The van der Waals surface area contributed by atoms with Crippen LogP contribution in [0.1, 0.15) is 30.0 Å². The molecule has 3 rings (SSSR count). The number of anilines is 2. The summed E-state index contributed by atoms with van der Waals surface area (Å²) in [5, 5.41) is 12.8. The third kappa shape index (κ3) is 2.99. The molecule has 0 atom stereocenters. The fourth-order valence-corrected chi connectivity index (χ4v) is 2.31. The molecule has 0 spiro atoms. The summed E-state index contributed by atoms with van der Waals surface area (Å²) in [6.45, 7) is 1.80. The molecule has 1 aliphatic carbocycles. The van der Waals surface area contributed by atoms with E-state index in [1.54, 1.807) is 19.2 Å². The fourth-order valence-electron chi connectivity index (χ4n) is 2.18. The minimum absolute atomic E-state index is 0.264. The van der Waals surface area contributed by atoms with Gasteiger partial charge in [0.25, 0.3) is 0 Å². The van der Waals surface area contributed by atoms with Gasteiger partial charge in [0.05, 0.1) is 24.7 Å². The lowest BCUT2D eigenvalue weighted by Crippen LogP contribution is -2.20. The summed E-state index contributed by atoms with van der Waals surface area (Å²) in [7, 11) is 1.47. The van der Waals surface area contributed by atoms with Crippen LogP contribution in [0.25, 0.3) is 0 Å². The molecular formula is C14H16ClN5O2. The molecule has 8 heteroatoms. The maximum absolute atomic E-state index is 12.2. The van der Waals surface area contributed by atoms with Crippen molar-refractivity contribution in [1.82, 2.24) is 15.2 Å². The molecule has 0 radical (unpaired) electrons. The van der Waals surface area contributed by atoms with Gasteiger partial charge in [0.2, 0.25) is 5.88 Å². The van der Waals surface area contributed by atoms with Crippen molar-refractivity contribution in [3.63, 3.8) is 0 Å². The monoisotopic (exact) mass is 321 g/mol. The van der Waals surface area contributed by atoms with Gasteiger partial charge in [0.1, 0.15) is 10.8 Å². The van der Waals surface area contributed by atoms with Gasteiger partial charge in [0.15, 0.2) is 0 Å². The largest absolute Gasteiger partial charge is 0.479 e. The van der Waals surface area contributed by atoms with E-state index in [2.05, 4.69) is 25.8 Å². The van der Waals surface area contributed by atoms with Crippen LogP contribution in [0.15, 0.2) is 12.3 Å². The summed E-state index contributed by atoms with van der Waals surface area (Å²) in [5.41, 5.74) is 2.86. The Morgan fingerprint density at radius 1 is 1.41 bits per heavy atom. The average molecular weight is 322 g/mol. The molecule has 2 aromatic rings. The summed E-state index contributed by atoms with van der Waals surface area (Å²) in [4.78, 5) is 16.2.